The van der Waals surface area contributed by atoms with Gasteiger partial charge in [-0.05, 0) is 36.5 Å². The molecular weight excluding hydrogens is 774 g/mol. The number of phenols is 1. The highest BCUT2D eigenvalue weighted by Crippen LogP contribution is 2.12. The Morgan fingerprint density at radius 1 is 0.586 bits per heavy atom. The summed E-state index contributed by atoms with van der Waals surface area (Å²) in [4.78, 5) is 135. The number of benzene rings is 1. The molecule has 8 amide bonds. The van der Waals surface area contributed by atoms with Crippen LogP contribution in [-0.4, -0.2) is 135 Å². The Bertz CT molecular complexity index is 1690. The molecule has 1 aromatic carbocycles. The number of aromatic hydroxyl groups is 1. The fourth-order valence-electron chi connectivity index (χ4n) is 4.84. The minimum Gasteiger partial charge on any atom is -0.508 e. The average molecular weight is 824 g/mol. The maximum absolute atomic E-state index is 13.4. The summed E-state index contributed by atoms with van der Waals surface area (Å²) in [5.41, 5.74) is 11.3. The summed E-state index contributed by atoms with van der Waals surface area (Å²) in [6.45, 7) is 0.723. The third-order valence-corrected chi connectivity index (χ3v) is 7.88. The minimum absolute atomic E-state index is 0.111. The number of phenolic OH excluding ortho intramolecular Hbond substituents is 1. The maximum Gasteiger partial charge on any atom is 0.322 e. The van der Waals surface area contributed by atoms with Gasteiger partial charge in [0.15, 0.2) is 0 Å². The van der Waals surface area contributed by atoms with Gasteiger partial charge in [-0.2, -0.15) is 0 Å². The summed E-state index contributed by atoms with van der Waals surface area (Å²) in [5.74, 6) is -12.6. The van der Waals surface area contributed by atoms with Crippen LogP contribution < -0.4 is 48.7 Å². The lowest BCUT2D eigenvalue weighted by molar-refractivity contribution is -0.141. The van der Waals surface area contributed by atoms with Crippen LogP contribution in [0, 0.1) is 5.92 Å². The summed E-state index contributed by atoms with van der Waals surface area (Å²) in [5, 5.41) is 52.4. The van der Waals surface area contributed by atoms with Crippen LogP contribution in [0.15, 0.2) is 24.3 Å². The number of hydrogen-bond acceptors (Lipinski definition) is 13. The quantitative estimate of drug-likeness (QED) is 0.0416. The topological polar surface area (TPSA) is 405 Å². The van der Waals surface area contributed by atoms with Crippen molar-refractivity contribution in [3.8, 4) is 5.75 Å². The van der Waals surface area contributed by atoms with Crippen molar-refractivity contribution in [2.75, 3.05) is 19.6 Å². The summed E-state index contributed by atoms with van der Waals surface area (Å²) in [6.07, 6.45) is -2.81. The van der Waals surface area contributed by atoms with E-state index in [2.05, 4.69) is 37.2 Å². The second-order valence-electron chi connectivity index (χ2n) is 13.1. The van der Waals surface area contributed by atoms with Crippen LogP contribution in [0.1, 0.15) is 51.5 Å². The highest BCUT2D eigenvalue weighted by molar-refractivity contribution is 5.97. The van der Waals surface area contributed by atoms with Crippen molar-refractivity contribution >= 4 is 65.2 Å². The van der Waals surface area contributed by atoms with Crippen LogP contribution in [0.3, 0.4) is 0 Å². The number of carbonyl (C=O) groups excluding carboxylic acids is 8. The molecule has 0 saturated heterocycles. The van der Waals surface area contributed by atoms with Gasteiger partial charge in [-0.1, -0.05) is 26.0 Å². The van der Waals surface area contributed by atoms with Gasteiger partial charge in [0.2, 0.25) is 47.3 Å². The monoisotopic (exact) mass is 823 g/mol. The molecule has 15 N–H and O–H groups in total. The Balaban J connectivity index is 3.03. The summed E-state index contributed by atoms with van der Waals surface area (Å²) in [6, 6.07) is -1.96. The first kappa shape index (κ1) is 49.2. The van der Waals surface area contributed by atoms with Gasteiger partial charge in [0.05, 0.1) is 25.6 Å². The van der Waals surface area contributed by atoms with Crippen LogP contribution in [0.25, 0.3) is 0 Å². The van der Waals surface area contributed by atoms with Crippen LogP contribution in [0.5, 0.6) is 5.75 Å². The molecule has 0 spiro atoms. The standard InChI is InChI=1S/C34H49N9O15/c1-16(2)29(34(58)39-15-28(52)53)43-25(47)14-37-31(55)20(8-10-26(48)49)40-24(46)13-38-32(56)22(12-27(50)51)42-33(57)21(11-17-3-5-18(44)6-4-17)41-30(54)19(35)7-9-23(36)45/h3-6,16,19-22,29,44H,7-15,35H2,1-2H3,(H2,36,45)(H,37,55)(H,38,56)(H,39,58)(H,40,46)(H,41,54)(H,42,57)(H,43,47)(H,48,49)(H,50,51)(H,52,53). The number of rotatable bonds is 26. The molecule has 5 unspecified atom stereocenters. The molecule has 1 aromatic rings. The third-order valence-electron chi connectivity index (χ3n) is 7.88. The van der Waals surface area contributed by atoms with E-state index >= 15 is 0 Å². The lowest BCUT2D eigenvalue weighted by atomic mass is 10.0. The Morgan fingerprint density at radius 3 is 1.64 bits per heavy atom. The van der Waals surface area contributed by atoms with E-state index in [1.165, 1.54) is 24.3 Å². The first-order valence-corrected chi connectivity index (χ1v) is 17.6. The maximum atomic E-state index is 13.4. The molecule has 1 rings (SSSR count). The van der Waals surface area contributed by atoms with E-state index in [1.54, 1.807) is 13.8 Å². The van der Waals surface area contributed by atoms with Crippen molar-refractivity contribution in [1.82, 2.24) is 37.2 Å². The number of nitrogens with one attached hydrogen (secondary N) is 7. The molecule has 0 aliphatic rings. The lowest BCUT2D eigenvalue weighted by Crippen LogP contribution is -2.57. The molecule has 58 heavy (non-hydrogen) atoms. The Hall–Kier alpha value is -6.85. The van der Waals surface area contributed by atoms with Gasteiger partial charge in [-0.3, -0.25) is 52.7 Å². The lowest BCUT2D eigenvalue weighted by Gasteiger charge is -2.24. The third kappa shape index (κ3) is 19.7. The molecule has 0 saturated carbocycles. The predicted octanol–water partition coefficient (Wildman–Crippen LogP) is -5.10. The molecule has 320 valence electrons. The second-order valence-corrected chi connectivity index (χ2v) is 13.1. The van der Waals surface area contributed by atoms with Crippen LogP contribution >= 0.6 is 0 Å². The molecule has 24 nitrogen and oxygen atoms in total. The molecule has 0 aromatic heterocycles. The van der Waals surface area contributed by atoms with E-state index in [0.29, 0.717) is 5.56 Å². The normalized spacial score (nSPS) is 13.2. The Labute approximate surface area is 330 Å². The molecule has 0 aliphatic carbocycles. The number of nitrogens with two attached hydrogens (primary N) is 2. The molecule has 5 atom stereocenters. The van der Waals surface area contributed by atoms with Crippen molar-refractivity contribution in [3.63, 3.8) is 0 Å². The number of carbonyl (C=O) groups is 11. The van der Waals surface area contributed by atoms with Gasteiger partial charge < -0.3 is 69.1 Å². The van der Waals surface area contributed by atoms with Gasteiger partial charge in [0, 0.05) is 19.3 Å². The van der Waals surface area contributed by atoms with E-state index in [0.717, 1.165) is 0 Å². The second kappa shape index (κ2) is 24.6. The highest BCUT2D eigenvalue weighted by Gasteiger charge is 2.31. The number of carboxylic acids is 3. The van der Waals surface area contributed by atoms with Gasteiger partial charge in [-0.25, -0.2) is 0 Å². The van der Waals surface area contributed by atoms with E-state index < -0.39 is 140 Å². The Morgan fingerprint density at radius 2 is 1.12 bits per heavy atom. The molecule has 0 fully saturated rings. The van der Waals surface area contributed by atoms with E-state index in [1.807, 2.05) is 0 Å². The minimum atomic E-state index is -1.84. The predicted molar refractivity (Wildman–Crippen MR) is 197 cm³/mol. The van der Waals surface area contributed by atoms with Crippen LogP contribution in [0.4, 0.5) is 0 Å². The number of carboxylic acid groups (broad SMARTS) is 3. The van der Waals surface area contributed by atoms with E-state index in [9.17, 15) is 63.0 Å². The number of hydrogen-bond donors (Lipinski definition) is 13. The summed E-state index contributed by atoms with van der Waals surface area (Å²) in [7, 11) is 0. The van der Waals surface area contributed by atoms with Crippen LogP contribution in [0.2, 0.25) is 0 Å². The van der Waals surface area contributed by atoms with E-state index in [-0.39, 0.29) is 25.0 Å². The Kier molecular flexibility index (Phi) is 20.9. The summed E-state index contributed by atoms with van der Waals surface area (Å²) < 4.78 is 0. The van der Waals surface area contributed by atoms with E-state index in [4.69, 9.17) is 21.7 Å². The highest BCUT2D eigenvalue weighted by atomic mass is 16.4. The molecule has 0 bridgehead atoms. The number of aliphatic carboxylic acids is 3. The van der Waals surface area contributed by atoms with Crippen LogP contribution in [-0.2, 0) is 59.2 Å². The fourth-order valence-corrected chi connectivity index (χ4v) is 4.84. The van der Waals surface area contributed by atoms with Gasteiger partial charge >= 0.3 is 17.9 Å². The first-order valence-electron chi connectivity index (χ1n) is 17.6. The molecular formula is C34H49N9O15. The molecule has 0 aliphatic heterocycles. The fraction of sp³-hybridized carbons (Fsp3) is 0.500. The molecule has 0 heterocycles. The average Bonchev–Trinajstić information content (AvgIpc) is 3.14. The smallest absolute Gasteiger partial charge is 0.322 e. The first-order chi connectivity index (χ1) is 27.1. The SMILES string of the molecule is CC(C)C(NC(=O)CNC(=O)C(CCC(=O)O)NC(=O)CNC(=O)C(CC(=O)O)NC(=O)C(Cc1ccc(O)cc1)NC(=O)C(N)CCC(N)=O)C(=O)NCC(=O)O. The van der Waals surface area contributed by atoms with Gasteiger partial charge in [-0.15, -0.1) is 0 Å². The largest absolute Gasteiger partial charge is 0.508 e. The van der Waals surface area contributed by atoms with Crippen molar-refractivity contribution in [2.24, 2.45) is 17.4 Å². The van der Waals surface area contributed by atoms with Crippen molar-refractivity contribution in [1.29, 1.82) is 0 Å². The molecule has 24 heteroatoms. The van der Waals surface area contributed by atoms with Gasteiger partial charge in [0.1, 0.15) is 36.5 Å². The van der Waals surface area contributed by atoms with Crippen molar-refractivity contribution in [3.05, 3.63) is 29.8 Å². The van der Waals surface area contributed by atoms with Gasteiger partial charge in [0.25, 0.3) is 0 Å². The zero-order valence-electron chi connectivity index (χ0n) is 31.6. The summed E-state index contributed by atoms with van der Waals surface area (Å²) >= 11 is 0. The molecule has 0 radical (unpaired) electrons. The zero-order valence-corrected chi connectivity index (χ0v) is 31.6. The number of primary amides is 1. The van der Waals surface area contributed by atoms with Crippen molar-refractivity contribution in [2.45, 2.75) is 82.6 Å². The van der Waals surface area contributed by atoms with Crippen molar-refractivity contribution < 1.29 is 73.2 Å². The zero-order chi connectivity index (χ0) is 44.1. The number of amides is 8.